The Bertz CT molecular complexity index is 784. The molecular weight excluding hydrogens is 493 g/mol. The highest BCUT2D eigenvalue weighted by atomic mass is 28.4. The fourth-order valence-electron chi connectivity index (χ4n) is 9.90. The van der Waals surface area contributed by atoms with E-state index in [9.17, 15) is 0 Å². The van der Waals surface area contributed by atoms with Gasteiger partial charge in [0.15, 0.2) is 25.0 Å². The summed E-state index contributed by atoms with van der Waals surface area (Å²) in [5.41, 5.74) is 0.864. The molecule has 6 heteroatoms. The van der Waals surface area contributed by atoms with E-state index in [4.69, 9.17) is 13.3 Å². The number of hydrogen-bond acceptors (Lipinski definition) is 3. The summed E-state index contributed by atoms with van der Waals surface area (Å²) in [5.74, 6) is 3.95. The third-order valence-corrected chi connectivity index (χ3v) is 13.9. The van der Waals surface area contributed by atoms with Crippen LogP contribution in [0, 0.1) is 40.4 Å². The number of rotatable bonds is 7. The predicted octanol–water partition coefficient (Wildman–Crippen LogP) is 8.94. The van der Waals surface area contributed by atoms with E-state index in [1.54, 1.807) is 0 Å². The molecule has 36 heavy (non-hydrogen) atoms. The van der Waals surface area contributed by atoms with Crippen LogP contribution >= 0.6 is 0 Å². The van der Waals surface area contributed by atoms with Gasteiger partial charge in [-0.15, -0.1) is 0 Å². The maximum Gasteiger partial charge on any atom is 0.184 e. The van der Waals surface area contributed by atoms with E-state index in [-0.39, 0.29) is 0 Å². The van der Waals surface area contributed by atoms with E-state index in [0.29, 0.717) is 35.1 Å². The molecule has 4 rings (SSSR count). The van der Waals surface area contributed by atoms with Gasteiger partial charge in [-0.05, 0) is 152 Å². The first-order valence-electron chi connectivity index (χ1n) is 15.4. The summed E-state index contributed by atoms with van der Waals surface area (Å²) < 4.78 is 20.5. The van der Waals surface area contributed by atoms with Gasteiger partial charge in [0.05, 0.1) is 6.10 Å². The van der Waals surface area contributed by atoms with Gasteiger partial charge >= 0.3 is 0 Å². The minimum atomic E-state index is -1.63. The van der Waals surface area contributed by atoms with Crippen molar-refractivity contribution < 1.29 is 13.3 Å². The van der Waals surface area contributed by atoms with Gasteiger partial charge in [-0.1, -0.05) is 13.8 Å². The van der Waals surface area contributed by atoms with Crippen molar-refractivity contribution in [1.29, 1.82) is 0 Å². The summed E-state index contributed by atoms with van der Waals surface area (Å²) in [6.45, 7) is 29.0. The standard InChI is InChI=1S/C30H60O3Si3/c1-21(31-34(4,5)6)28-27(33-36(10,11)12)20-26-24-14-13-22-19-23(32-35(7,8)9)15-17-29(22,2)25(24)16-18-30(26,28)3/h21-28H,13-20H2,1-12H3/t21-,22-,23-,24+,25-,26-,27+,28-,29-,30-/m0/s1. The highest BCUT2D eigenvalue weighted by Crippen LogP contribution is 2.68. The van der Waals surface area contributed by atoms with Crippen molar-refractivity contribution in [3.63, 3.8) is 0 Å². The third-order valence-electron chi connectivity index (χ3n) is 10.8. The quantitative estimate of drug-likeness (QED) is 0.295. The third kappa shape index (κ3) is 5.99. The van der Waals surface area contributed by atoms with Gasteiger partial charge in [0, 0.05) is 18.1 Å². The molecule has 0 bridgehead atoms. The van der Waals surface area contributed by atoms with Crippen molar-refractivity contribution in [2.45, 2.75) is 149 Å². The average molecular weight is 553 g/mol. The van der Waals surface area contributed by atoms with Crippen LogP contribution in [0.3, 0.4) is 0 Å². The van der Waals surface area contributed by atoms with Crippen LogP contribution in [0.5, 0.6) is 0 Å². The molecule has 0 unspecified atom stereocenters. The molecule has 0 aliphatic heterocycles. The van der Waals surface area contributed by atoms with Crippen LogP contribution in [-0.4, -0.2) is 43.3 Å². The van der Waals surface area contributed by atoms with Crippen LogP contribution in [0.4, 0.5) is 0 Å². The lowest BCUT2D eigenvalue weighted by atomic mass is 9.44. The summed E-state index contributed by atoms with van der Waals surface area (Å²) in [6, 6.07) is 0. The Hall–Kier alpha value is 0.531. The first kappa shape index (κ1) is 29.5. The molecule has 0 radical (unpaired) electrons. The number of fused-ring (bicyclic) bond motifs is 5. The maximum atomic E-state index is 7.04. The molecule has 0 saturated heterocycles. The Kier molecular flexibility index (Phi) is 8.09. The highest BCUT2D eigenvalue weighted by Gasteiger charge is 2.64. The lowest BCUT2D eigenvalue weighted by molar-refractivity contribution is -0.131. The SMILES string of the molecule is C[C@H](O[Si](C)(C)C)[C@H]1[C@H](O[Si](C)(C)C)C[C@H]2[C@@H]3CC[C@H]4C[C@@H](O[Si](C)(C)C)CC[C@]4(C)[C@H]3CC[C@]12C. The molecule has 0 heterocycles. The molecule has 4 fully saturated rings. The normalized spacial score (nSPS) is 44.5. The summed E-state index contributed by atoms with van der Waals surface area (Å²) in [6.07, 6.45) is 12.1. The van der Waals surface area contributed by atoms with Crippen molar-refractivity contribution >= 4 is 25.0 Å². The minimum Gasteiger partial charge on any atom is -0.415 e. The van der Waals surface area contributed by atoms with Crippen molar-refractivity contribution in [1.82, 2.24) is 0 Å². The van der Waals surface area contributed by atoms with Gasteiger partial charge in [0.25, 0.3) is 0 Å². The van der Waals surface area contributed by atoms with Crippen molar-refractivity contribution in [3.05, 3.63) is 0 Å². The second kappa shape index (κ2) is 9.87. The Morgan fingerprint density at radius 1 is 0.667 bits per heavy atom. The lowest BCUT2D eigenvalue weighted by Crippen LogP contribution is -2.55. The van der Waals surface area contributed by atoms with Gasteiger partial charge in [-0.2, -0.15) is 0 Å². The zero-order chi connectivity index (χ0) is 26.9. The molecule has 10 atom stereocenters. The first-order chi connectivity index (χ1) is 16.3. The van der Waals surface area contributed by atoms with Crippen molar-refractivity contribution in [2.75, 3.05) is 0 Å². The minimum absolute atomic E-state index is 0.297. The molecule has 3 nitrogen and oxygen atoms in total. The molecule has 0 spiro atoms. The molecule has 0 N–H and O–H groups in total. The molecule has 0 aromatic rings. The topological polar surface area (TPSA) is 27.7 Å². The van der Waals surface area contributed by atoms with Crippen molar-refractivity contribution in [2.24, 2.45) is 40.4 Å². The Balaban J connectivity index is 1.57. The van der Waals surface area contributed by atoms with Crippen LogP contribution < -0.4 is 0 Å². The summed E-state index contributed by atoms with van der Waals surface area (Å²) in [4.78, 5) is 0. The first-order valence-corrected chi connectivity index (χ1v) is 25.6. The van der Waals surface area contributed by atoms with Crippen LogP contribution in [0.25, 0.3) is 0 Å². The Morgan fingerprint density at radius 2 is 1.28 bits per heavy atom. The molecule has 4 saturated carbocycles. The molecule has 0 aromatic heterocycles. The van der Waals surface area contributed by atoms with Crippen LogP contribution in [0.2, 0.25) is 58.9 Å². The van der Waals surface area contributed by atoms with E-state index >= 15 is 0 Å². The van der Waals surface area contributed by atoms with E-state index in [2.05, 4.69) is 79.7 Å². The van der Waals surface area contributed by atoms with E-state index in [1.807, 2.05) is 0 Å². The molecule has 4 aliphatic rings. The monoisotopic (exact) mass is 552 g/mol. The summed E-state index contributed by atoms with van der Waals surface area (Å²) in [5, 5.41) is 0. The second-order valence-corrected chi connectivity index (χ2v) is 30.2. The Morgan fingerprint density at radius 3 is 1.86 bits per heavy atom. The van der Waals surface area contributed by atoms with Gasteiger partial charge in [0.2, 0.25) is 0 Å². The predicted molar refractivity (Wildman–Crippen MR) is 161 cm³/mol. The maximum absolute atomic E-state index is 7.04. The van der Waals surface area contributed by atoms with Crippen LogP contribution in [0.1, 0.15) is 72.1 Å². The molecule has 4 aliphatic carbocycles. The van der Waals surface area contributed by atoms with Crippen molar-refractivity contribution in [3.8, 4) is 0 Å². The molecule has 0 aromatic carbocycles. The molecule has 210 valence electrons. The largest absolute Gasteiger partial charge is 0.415 e. The van der Waals surface area contributed by atoms with E-state index in [0.717, 1.165) is 23.7 Å². The zero-order valence-corrected chi connectivity index (χ0v) is 29.0. The second-order valence-electron chi connectivity index (χ2n) is 16.8. The van der Waals surface area contributed by atoms with E-state index in [1.165, 1.54) is 51.4 Å². The molecule has 0 amide bonds. The molecular formula is C30H60O3Si3. The van der Waals surface area contributed by atoms with Gasteiger partial charge < -0.3 is 13.3 Å². The number of hydrogen-bond donors (Lipinski definition) is 0. The average Bonchev–Trinajstić information content (AvgIpc) is 2.96. The fraction of sp³-hybridized carbons (Fsp3) is 1.00. The smallest absolute Gasteiger partial charge is 0.184 e. The van der Waals surface area contributed by atoms with E-state index < -0.39 is 25.0 Å². The lowest BCUT2D eigenvalue weighted by Gasteiger charge is -2.61. The summed E-state index contributed by atoms with van der Waals surface area (Å²) >= 11 is 0. The van der Waals surface area contributed by atoms with Gasteiger partial charge in [-0.3, -0.25) is 0 Å². The summed E-state index contributed by atoms with van der Waals surface area (Å²) in [7, 11) is -4.72. The fourth-order valence-corrected chi connectivity index (χ4v) is 13.5. The zero-order valence-electron chi connectivity index (χ0n) is 26.0. The van der Waals surface area contributed by atoms with Crippen LogP contribution in [-0.2, 0) is 13.3 Å². The van der Waals surface area contributed by atoms with Crippen LogP contribution in [0.15, 0.2) is 0 Å². The highest BCUT2D eigenvalue weighted by molar-refractivity contribution is 6.70. The van der Waals surface area contributed by atoms with Gasteiger partial charge in [0.1, 0.15) is 0 Å². The Labute approximate surface area is 227 Å². The van der Waals surface area contributed by atoms with Gasteiger partial charge in [-0.25, -0.2) is 0 Å².